The molecule has 2 aromatic rings. The minimum absolute atomic E-state index is 0.00390. The fraction of sp³-hybridized carbons (Fsp3) is 0.467. The van der Waals surface area contributed by atoms with Gasteiger partial charge in [-0.1, -0.05) is 6.92 Å². The summed E-state index contributed by atoms with van der Waals surface area (Å²) in [5.74, 6) is -1.40. The van der Waals surface area contributed by atoms with Crippen molar-refractivity contribution in [2.45, 2.75) is 32.9 Å². The van der Waals surface area contributed by atoms with Crippen molar-refractivity contribution in [3.63, 3.8) is 0 Å². The van der Waals surface area contributed by atoms with Gasteiger partial charge in [-0.25, -0.2) is 17.2 Å². The van der Waals surface area contributed by atoms with E-state index in [0.29, 0.717) is 6.42 Å². The normalized spacial score (nSPS) is 12.1. The van der Waals surface area contributed by atoms with Gasteiger partial charge in [0.25, 0.3) is 0 Å². The number of aromatic nitrogens is 2. The number of hydrogen-bond donors (Lipinski definition) is 1. The summed E-state index contributed by atoms with van der Waals surface area (Å²) >= 11 is 0. The summed E-state index contributed by atoms with van der Waals surface area (Å²) in [6.45, 7) is 1.32. The van der Waals surface area contributed by atoms with Crippen LogP contribution in [-0.2, 0) is 29.6 Å². The van der Waals surface area contributed by atoms with Crippen LogP contribution in [-0.4, -0.2) is 40.8 Å². The standard InChI is InChI=1S/C15H19F2N3O4S/c1-3-4-20(25(2,22)23)8-11-6-12(16)10(5-13(11)17)7-14-18-19-15(9-21)24-14/h5-6,21H,3-4,7-9H2,1-2H3. The topological polar surface area (TPSA) is 96.5 Å². The summed E-state index contributed by atoms with van der Waals surface area (Å²) in [5, 5.41) is 16.0. The summed E-state index contributed by atoms with van der Waals surface area (Å²) < 4.78 is 58.2. The Labute approximate surface area is 144 Å². The van der Waals surface area contributed by atoms with Crippen LogP contribution in [0.1, 0.15) is 36.3 Å². The highest BCUT2D eigenvalue weighted by atomic mass is 32.2. The van der Waals surface area contributed by atoms with E-state index < -0.39 is 28.3 Å². The van der Waals surface area contributed by atoms with Crippen molar-refractivity contribution in [3.8, 4) is 0 Å². The third-order valence-corrected chi connectivity index (χ3v) is 4.74. The third-order valence-electron chi connectivity index (χ3n) is 3.49. The van der Waals surface area contributed by atoms with Gasteiger partial charge in [0.2, 0.25) is 21.8 Å². The molecule has 1 aromatic heterocycles. The predicted molar refractivity (Wildman–Crippen MR) is 84.9 cm³/mol. The molecule has 0 unspecified atom stereocenters. The van der Waals surface area contributed by atoms with Crippen molar-refractivity contribution in [2.24, 2.45) is 0 Å². The van der Waals surface area contributed by atoms with Gasteiger partial charge in [-0.05, 0) is 18.6 Å². The molecule has 0 aliphatic heterocycles. The smallest absolute Gasteiger partial charge is 0.241 e. The third kappa shape index (κ3) is 5.03. The fourth-order valence-electron chi connectivity index (χ4n) is 2.27. The first-order valence-electron chi connectivity index (χ1n) is 7.58. The van der Waals surface area contributed by atoms with Crippen LogP contribution in [0.4, 0.5) is 8.78 Å². The molecule has 1 heterocycles. The van der Waals surface area contributed by atoms with E-state index in [1.54, 1.807) is 6.92 Å². The first kappa shape index (κ1) is 19.4. The molecule has 2 rings (SSSR count). The number of aliphatic hydroxyl groups is 1. The second-order valence-corrected chi connectivity index (χ2v) is 7.54. The molecule has 10 heteroatoms. The van der Waals surface area contributed by atoms with Gasteiger partial charge in [-0.3, -0.25) is 0 Å². The molecule has 0 saturated heterocycles. The van der Waals surface area contributed by atoms with Crippen LogP contribution in [0.2, 0.25) is 0 Å². The van der Waals surface area contributed by atoms with Crippen LogP contribution in [0.15, 0.2) is 16.5 Å². The first-order valence-corrected chi connectivity index (χ1v) is 9.43. The van der Waals surface area contributed by atoms with E-state index in [1.807, 2.05) is 0 Å². The maximum absolute atomic E-state index is 14.3. The minimum atomic E-state index is -3.53. The highest BCUT2D eigenvalue weighted by molar-refractivity contribution is 7.88. The zero-order valence-electron chi connectivity index (χ0n) is 13.9. The van der Waals surface area contributed by atoms with E-state index in [4.69, 9.17) is 9.52 Å². The highest BCUT2D eigenvalue weighted by Crippen LogP contribution is 2.20. The van der Waals surface area contributed by atoms with Gasteiger partial charge < -0.3 is 9.52 Å². The van der Waals surface area contributed by atoms with Gasteiger partial charge in [-0.2, -0.15) is 4.31 Å². The van der Waals surface area contributed by atoms with Crippen molar-refractivity contribution >= 4 is 10.0 Å². The van der Waals surface area contributed by atoms with Crippen LogP contribution < -0.4 is 0 Å². The molecule has 25 heavy (non-hydrogen) atoms. The van der Waals surface area contributed by atoms with E-state index in [-0.39, 0.29) is 42.4 Å². The van der Waals surface area contributed by atoms with Gasteiger partial charge in [0.05, 0.1) is 12.7 Å². The number of hydrogen-bond acceptors (Lipinski definition) is 6. The van der Waals surface area contributed by atoms with E-state index in [1.165, 1.54) is 0 Å². The molecule has 0 aliphatic carbocycles. The molecule has 0 aliphatic rings. The Hall–Kier alpha value is -1.91. The summed E-state index contributed by atoms with van der Waals surface area (Å²) in [7, 11) is -3.53. The monoisotopic (exact) mass is 375 g/mol. The van der Waals surface area contributed by atoms with E-state index in [2.05, 4.69) is 10.2 Å². The molecule has 0 spiro atoms. The zero-order chi connectivity index (χ0) is 18.6. The number of benzene rings is 1. The maximum Gasteiger partial charge on any atom is 0.241 e. The Kier molecular flexibility index (Phi) is 6.20. The Morgan fingerprint density at radius 2 is 1.76 bits per heavy atom. The summed E-state index contributed by atoms with van der Waals surface area (Å²) in [6, 6.07) is 1.96. The zero-order valence-corrected chi connectivity index (χ0v) is 14.7. The van der Waals surface area contributed by atoms with Crippen molar-refractivity contribution in [1.82, 2.24) is 14.5 Å². The fourth-order valence-corrected chi connectivity index (χ4v) is 3.16. The number of nitrogens with zero attached hydrogens (tertiary/aromatic N) is 3. The summed E-state index contributed by atoms with van der Waals surface area (Å²) in [6.07, 6.45) is 1.44. The summed E-state index contributed by atoms with van der Waals surface area (Å²) in [4.78, 5) is 0. The Bertz CT molecular complexity index is 839. The molecule has 0 saturated carbocycles. The molecule has 7 nitrogen and oxygen atoms in total. The molecule has 0 fully saturated rings. The van der Waals surface area contributed by atoms with Gasteiger partial charge in [0.1, 0.15) is 18.2 Å². The quantitative estimate of drug-likeness (QED) is 0.753. The lowest BCUT2D eigenvalue weighted by molar-refractivity contribution is 0.237. The molecule has 0 atom stereocenters. The Balaban J connectivity index is 2.24. The average molecular weight is 375 g/mol. The van der Waals surface area contributed by atoms with Crippen molar-refractivity contribution in [1.29, 1.82) is 0 Å². The van der Waals surface area contributed by atoms with E-state index >= 15 is 0 Å². The molecule has 1 aromatic carbocycles. The first-order chi connectivity index (χ1) is 11.7. The van der Waals surface area contributed by atoms with Crippen molar-refractivity contribution in [3.05, 3.63) is 46.7 Å². The van der Waals surface area contributed by atoms with Crippen LogP contribution in [0.3, 0.4) is 0 Å². The van der Waals surface area contributed by atoms with Crippen LogP contribution in [0.5, 0.6) is 0 Å². The second-order valence-electron chi connectivity index (χ2n) is 5.56. The van der Waals surface area contributed by atoms with Crippen molar-refractivity contribution < 1.29 is 26.7 Å². The van der Waals surface area contributed by atoms with Gasteiger partial charge >= 0.3 is 0 Å². The van der Waals surface area contributed by atoms with E-state index in [0.717, 1.165) is 22.7 Å². The van der Waals surface area contributed by atoms with Gasteiger partial charge in [0.15, 0.2) is 0 Å². The predicted octanol–water partition coefficient (Wildman–Crippen LogP) is 1.60. The highest BCUT2D eigenvalue weighted by Gasteiger charge is 2.20. The SMILES string of the molecule is CCCN(Cc1cc(F)c(Cc2nnc(CO)o2)cc1F)S(C)(=O)=O. The van der Waals surface area contributed by atoms with Crippen LogP contribution in [0.25, 0.3) is 0 Å². The minimum Gasteiger partial charge on any atom is -0.422 e. The van der Waals surface area contributed by atoms with Gasteiger partial charge in [0, 0.05) is 24.2 Å². The second kappa shape index (κ2) is 7.98. The molecule has 0 amide bonds. The number of rotatable bonds is 8. The molecule has 138 valence electrons. The lowest BCUT2D eigenvalue weighted by atomic mass is 10.1. The molecule has 1 N–H and O–H groups in total. The molecular weight excluding hydrogens is 356 g/mol. The lowest BCUT2D eigenvalue weighted by Gasteiger charge is -2.19. The summed E-state index contributed by atoms with van der Waals surface area (Å²) in [5.41, 5.74) is -0.0579. The Morgan fingerprint density at radius 3 is 2.32 bits per heavy atom. The number of sulfonamides is 1. The van der Waals surface area contributed by atoms with E-state index in [9.17, 15) is 17.2 Å². The Morgan fingerprint density at radius 1 is 1.16 bits per heavy atom. The van der Waals surface area contributed by atoms with Crippen LogP contribution in [0, 0.1) is 11.6 Å². The lowest BCUT2D eigenvalue weighted by Crippen LogP contribution is -2.30. The average Bonchev–Trinajstić information content (AvgIpc) is 2.98. The maximum atomic E-state index is 14.3. The van der Waals surface area contributed by atoms with Crippen LogP contribution >= 0.6 is 0 Å². The van der Waals surface area contributed by atoms with Gasteiger partial charge in [-0.15, -0.1) is 10.2 Å². The number of aliphatic hydroxyl groups excluding tert-OH is 1. The molecular formula is C15H19F2N3O4S. The molecule has 0 bridgehead atoms. The molecule has 0 radical (unpaired) electrons. The van der Waals surface area contributed by atoms with Crippen molar-refractivity contribution in [2.75, 3.05) is 12.8 Å². The number of halogens is 2. The largest absolute Gasteiger partial charge is 0.422 e.